The highest BCUT2D eigenvalue weighted by Gasteiger charge is 2.12. The summed E-state index contributed by atoms with van der Waals surface area (Å²) in [5, 5.41) is 8.44. The molecule has 2 nitrogen and oxygen atoms in total. The van der Waals surface area contributed by atoms with Gasteiger partial charge in [0.1, 0.15) is 11.3 Å². The maximum absolute atomic E-state index is 7.23. The molecule has 0 radical (unpaired) electrons. The summed E-state index contributed by atoms with van der Waals surface area (Å²) in [6.45, 7) is 14.1. The summed E-state index contributed by atoms with van der Waals surface area (Å²) in [7, 11) is 0. The summed E-state index contributed by atoms with van der Waals surface area (Å²) in [4.78, 5) is 0. The molecule has 132 valence electrons. The number of hydrogen-bond acceptors (Lipinski definition) is 2. The summed E-state index contributed by atoms with van der Waals surface area (Å²) < 4.78 is 6.05. The van der Waals surface area contributed by atoms with Gasteiger partial charge < -0.3 is 9.83 Å². The molecule has 0 saturated heterocycles. The third-order valence-electron chi connectivity index (χ3n) is 3.47. The van der Waals surface area contributed by atoms with Crippen LogP contribution in [0.1, 0.15) is 65.4 Å². The van der Waals surface area contributed by atoms with Crippen LogP contribution in [0.5, 0.6) is 0 Å². The van der Waals surface area contributed by atoms with E-state index in [2.05, 4.69) is 31.2 Å². The van der Waals surface area contributed by atoms with E-state index >= 15 is 0 Å². The van der Waals surface area contributed by atoms with Crippen molar-refractivity contribution in [2.45, 2.75) is 61.3 Å². The van der Waals surface area contributed by atoms with Gasteiger partial charge in [0.25, 0.3) is 0 Å². The van der Waals surface area contributed by atoms with Gasteiger partial charge in [-0.1, -0.05) is 65.0 Å². The fourth-order valence-corrected chi connectivity index (χ4v) is 2.39. The minimum Gasteiger partial charge on any atom is -0.456 e. The number of para-hydroxylation sites is 1. The molecule has 0 aliphatic carbocycles. The molecule has 1 aromatic carbocycles. The number of furan rings is 1. The maximum atomic E-state index is 7.23. The van der Waals surface area contributed by atoms with Crippen molar-refractivity contribution in [3.05, 3.63) is 52.8 Å². The van der Waals surface area contributed by atoms with Crippen LogP contribution >= 0.6 is 0 Å². The zero-order valence-electron chi connectivity index (χ0n) is 16.4. The van der Waals surface area contributed by atoms with Crippen LogP contribution in [-0.4, -0.2) is 6.21 Å². The van der Waals surface area contributed by atoms with Crippen molar-refractivity contribution in [3.8, 4) is 0 Å². The minimum absolute atomic E-state index is 0.796. The van der Waals surface area contributed by atoms with E-state index in [-0.39, 0.29) is 0 Å². The number of fused-ring (bicyclic) bond motifs is 1. The molecule has 0 aliphatic heterocycles. The lowest BCUT2D eigenvalue weighted by atomic mass is 10.0. The van der Waals surface area contributed by atoms with Crippen molar-refractivity contribution in [2.75, 3.05) is 0 Å². The minimum atomic E-state index is 0.796. The van der Waals surface area contributed by atoms with Gasteiger partial charge in [-0.25, -0.2) is 0 Å². The van der Waals surface area contributed by atoms with Gasteiger partial charge in [-0.3, -0.25) is 0 Å². The normalized spacial score (nSPS) is 10.9. The van der Waals surface area contributed by atoms with Crippen LogP contribution in [-0.2, 0) is 12.8 Å². The topological polar surface area (TPSA) is 37.0 Å². The average Bonchev–Trinajstić information content (AvgIpc) is 3.01. The third-order valence-corrected chi connectivity index (χ3v) is 3.47. The summed E-state index contributed by atoms with van der Waals surface area (Å²) in [6, 6.07) is 6.30. The number of rotatable bonds is 5. The second kappa shape index (κ2) is 12.3. The molecule has 1 heterocycles. The van der Waals surface area contributed by atoms with Gasteiger partial charge in [-0.05, 0) is 43.9 Å². The molecule has 0 saturated carbocycles. The van der Waals surface area contributed by atoms with E-state index in [1.165, 1.54) is 22.7 Å². The highest BCUT2D eigenvalue weighted by molar-refractivity contribution is 5.87. The Hall–Kier alpha value is -2.09. The molecule has 0 amide bonds. The molecular formula is C22H33NO. The van der Waals surface area contributed by atoms with Gasteiger partial charge in [0.15, 0.2) is 0 Å². The fraction of sp³-hybridized carbons (Fsp3) is 0.409. The van der Waals surface area contributed by atoms with Crippen molar-refractivity contribution in [1.29, 1.82) is 5.41 Å². The van der Waals surface area contributed by atoms with Gasteiger partial charge in [-0.2, -0.15) is 0 Å². The standard InChI is InChI=1S/C18H21NO.2C2H6/c1-4-7-17-15(5-2)16-9-6-8-14(18(16)20-17)11-10-13(3)12-19;2*1-2/h4,6-10,12,19H,5,11H2,1-3H3;2*1-2H3/b7-4-,13-10-,19-12?;;. The molecule has 0 spiro atoms. The molecule has 2 rings (SSSR count). The monoisotopic (exact) mass is 327 g/mol. The van der Waals surface area contributed by atoms with Crippen molar-refractivity contribution < 1.29 is 4.42 Å². The third kappa shape index (κ3) is 5.52. The summed E-state index contributed by atoms with van der Waals surface area (Å²) in [5.74, 6) is 0.963. The first kappa shape index (κ1) is 21.9. The van der Waals surface area contributed by atoms with Crippen LogP contribution in [0.15, 0.2) is 40.3 Å². The van der Waals surface area contributed by atoms with Crippen LogP contribution in [0.2, 0.25) is 0 Å². The van der Waals surface area contributed by atoms with Gasteiger partial charge in [-0.15, -0.1) is 0 Å². The molecule has 2 aromatic rings. The average molecular weight is 328 g/mol. The molecule has 1 N–H and O–H groups in total. The number of nitrogens with one attached hydrogen (secondary N) is 1. The number of hydrogen-bond donors (Lipinski definition) is 1. The Morgan fingerprint density at radius 2 is 1.83 bits per heavy atom. The number of benzene rings is 1. The lowest BCUT2D eigenvalue weighted by Crippen LogP contribution is -1.85. The zero-order valence-corrected chi connectivity index (χ0v) is 16.4. The molecule has 2 heteroatoms. The van der Waals surface area contributed by atoms with E-state index in [9.17, 15) is 0 Å². The molecule has 0 aliphatic rings. The highest BCUT2D eigenvalue weighted by Crippen LogP contribution is 2.30. The summed E-state index contributed by atoms with van der Waals surface area (Å²) >= 11 is 0. The van der Waals surface area contributed by atoms with Crippen molar-refractivity contribution in [1.82, 2.24) is 0 Å². The Morgan fingerprint density at radius 1 is 1.17 bits per heavy atom. The van der Waals surface area contributed by atoms with E-state index in [0.717, 1.165) is 29.8 Å². The van der Waals surface area contributed by atoms with Crippen molar-refractivity contribution >= 4 is 23.3 Å². The van der Waals surface area contributed by atoms with Gasteiger partial charge >= 0.3 is 0 Å². The number of allylic oxidation sites excluding steroid dienone is 3. The zero-order chi connectivity index (χ0) is 18.5. The Balaban J connectivity index is 0.00000123. The van der Waals surface area contributed by atoms with Gasteiger partial charge in [0.2, 0.25) is 0 Å². The Kier molecular flexibility index (Phi) is 11.3. The van der Waals surface area contributed by atoms with Crippen LogP contribution < -0.4 is 0 Å². The quantitative estimate of drug-likeness (QED) is 0.578. The summed E-state index contributed by atoms with van der Waals surface area (Å²) in [6.07, 6.45) is 9.24. The number of aryl methyl sites for hydroxylation is 1. The second-order valence-electron chi connectivity index (χ2n) is 4.89. The first-order chi connectivity index (χ1) is 11.7. The first-order valence-electron chi connectivity index (χ1n) is 9.04. The smallest absolute Gasteiger partial charge is 0.138 e. The van der Waals surface area contributed by atoms with E-state index in [1.807, 2.05) is 53.7 Å². The molecule has 24 heavy (non-hydrogen) atoms. The van der Waals surface area contributed by atoms with E-state index in [0.29, 0.717) is 0 Å². The predicted octanol–water partition coefficient (Wildman–Crippen LogP) is 7.22. The fourth-order valence-electron chi connectivity index (χ4n) is 2.39. The molecule has 0 fully saturated rings. The largest absolute Gasteiger partial charge is 0.456 e. The van der Waals surface area contributed by atoms with Crippen molar-refractivity contribution in [2.24, 2.45) is 0 Å². The Labute approximate surface area is 147 Å². The Morgan fingerprint density at radius 3 is 2.38 bits per heavy atom. The van der Waals surface area contributed by atoms with E-state index in [4.69, 9.17) is 9.83 Å². The molecule has 0 atom stereocenters. The van der Waals surface area contributed by atoms with Gasteiger partial charge in [0, 0.05) is 17.2 Å². The lowest BCUT2D eigenvalue weighted by molar-refractivity contribution is 0.596. The van der Waals surface area contributed by atoms with Crippen LogP contribution in [0, 0.1) is 5.41 Å². The second-order valence-corrected chi connectivity index (χ2v) is 4.89. The lowest BCUT2D eigenvalue weighted by Gasteiger charge is -1.99. The molecular weight excluding hydrogens is 294 g/mol. The Bertz CT molecular complexity index is 675. The van der Waals surface area contributed by atoms with E-state index < -0.39 is 0 Å². The van der Waals surface area contributed by atoms with Crippen LogP contribution in [0.25, 0.3) is 17.0 Å². The molecule has 0 bridgehead atoms. The molecule has 1 aromatic heterocycles. The van der Waals surface area contributed by atoms with Crippen LogP contribution in [0.3, 0.4) is 0 Å². The summed E-state index contributed by atoms with van der Waals surface area (Å²) in [5.41, 5.74) is 4.39. The maximum Gasteiger partial charge on any atom is 0.138 e. The van der Waals surface area contributed by atoms with Gasteiger partial charge in [0.05, 0.1) is 0 Å². The van der Waals surface area contributed by atoms with Crippen LogP contribution in [0.4, 0.5) is 0 Å². The van der Waals surface area contributed by atoms with E-state index in [1.54, 1.807) is 0 Å². The predicted molar refractivity (Wildman–Crippen MR) is 109 cm³/mol. The highest BCUT2D eigenvalue weighted by atomic mass is 16.3. The van der Waals surface area contributed by atoms with Crippen molar-refractivity contribution in [3.63, 3.8) is 0 Å². The first-order valence-corrected chi connectivity index (χ1v) is 9.04. The molecule has 0 unspecified atom stereocenters. The SMILES string of the molecule is C/C=C\c1oc2c(C/C=C(/C)C=N)cccc2c1CC.CC.CC.